The minimum atomic E-state index is -0.581. The average molecular weight is 320 g/mol. The molecule has 0 saturated heterocycles. The molecule has 0 bridgehead atoms. The quantitative estimate of drug-likeness (QED) is 0.604. The van der Waals surface area contributed by atoms with Crippen LogP contribution in [0.3, 0.4) is 0 Å². The lowest BCUT2D eigenvalue weighted by Gasteiger charge is -2.09. The molecule has 1 aromatic heterocycles. The van der Waals surface area contributed by atoms with Crippen LogP contribution in [0.2, 0.25) is 0 Å². The topological polar surface area (TPSA) is 61.8 Å². The van der Waals surface area contributed by atoms with Crippen LogP contribution in [0.1, 0.15) is 24.9 Å². The first kappa shape index (κ1) is 16.0. The van der Waals surface area contributed by atoms with Crippen LogP contribution in [0.15, 0.2) is 30.3 Å². The van der Waals surface area contributed by atoms with E-state index in [-0.39, 0.29) is 12.4 Å². The van der Waals surface area contributed by atoms with Crippen LogP contribution in [0.5, 0.6) is 11.5 Å². The fourth-order valence-corrected chi connectivity index (χ4v) is 2.62. The average Bonchev–Trinajstić information content (AvgIpc) is 2.98. The van der Waals surface area contributed by atoms with E-state index >= 15 is 0 Å². The summed E-state index contributed by atoms with van der Waals surface area (Å²) < 4.78 is 15.3. The summed E-state index contributed by atoms with van der Waals surface area (Å²) in [6.45, 7) is 1.63. The van der Waals surface area contributed by atoms with Gasteiger partial charge in [-0.1, -0.05) is 0 Å². The number of esters is 1. The highest BCUT2D eigenvalue weighted by Gasteiger charge is 2.15. The minimum absolute atomic E-state index is 0.216. The number of ether oxygens (including phenoxy) is 3. The highest BCUT2D eigenvalue weighted by atomic mass is 32.1. The van der Waals surface area contributed by atoms with Crippen LogP contribution in [0.25, 0.3) is 0 Å². The van der Waals surface area contributed by atoms with Crippen LogP contribution in [0, 0.1) is 6.92 Å². The molecule has 2 aromatic rings. The van der Waals surface area contributed by atoms with Gasteiger partial charge in [0.05, 0.1) is 24.7 Å². The van der Waals surface area contributed by atoms with Crippen molar-refractivity contribution >= 4 is 23.1 Å². The van der Waals surface area contributed by atoms with Crippen molar-refractivity contribution in [3.8, 4) is 11.5 Å². The molecular weight excluding hydrogens is 304 g/mol. The molecule has 0 fully saturated rings. The SMILES string of the molecule is COc1ccc(C(=O)OCC(=O)c2ccc(C)s2)cc1OC. The Hall–Kier alpha value is -2.34. The summed E-state index contributed by atoms with van der Waals surface area (Å²) >= 11 is 1.38. The van der Waals surface area contributed by atoms with Crippen molar-refractivity contribution < 1.29 is 23.8 Å². The van der Waals surface area contributed by atoms with Crippen molar-refractivity contribution in [3.63, 3.8) is 0 Å². The molecule has 2 rings (SSSR count). The van der Waals surface area contributed by atoms with E-state index in [1.54, 1.807) is 18.2 Å². The van der Waals surface area contributed by atoms with Gasteiger partial charge in [-0.3, -0.25) is 4.79 Å². The van der Waals surface area contributed by atoms with E-state index in [9.17, 15) is 9.59 Å². The Balaban J connectivity index is 2.02. The standard InChI is InChI=1S/C16H16O5S/c1-10-4-7-15(22-10)12(17)9-21-16(18)11-5-6-13(19-2)14(8-11)20-3/h4-8H,9H2,1-3H3. The molecule has 1 heterocycles. The number of benzene rings is 1. The lowest BCUT2D eigenvalue weighted by atomic mass is 10.2. The number of methoxy groups -OCH3 is 2. The van der Waals surface area contributed by atoms with Gasteiger partial charge in [0.1, 0.15) is 0 Å². The van der Waals surface area contributed by atoms with Crippen molar-refractivity contribution in [3.05, 3.63) is 45.6 Å². The molecule has 0 saturated carbocycles. The van der Waals surface area contributed by atoms with Gasteiger partial charge in [0, 0.05) is 4.88 Å². The lowest BCUT2D eigenvalue weighted by Crippen LogP contribution is -2.13. The predicted octanol–water partition coefficient (Wildman–Crippen LogP) is 3.11. The third kappa shape index (κ3) is 3.65. The first-order chi connectivity index (χ1) is 10.5. The lowest BCUT2D eigenvalue weighted by molar-refractivity contribution is 0.0475. The molecular formula is C16H16O5S. The van der Waals surface area contributed by atoms with Gasteiger partial charge in [-0.15, -0.1) is 11.3 Å². The fraction of sp³-hybridized carbons (Fsp3) is 0.250. The van der Waals surface area contributed by atoms with Gasteiger partial charge in [-0.05, 0) is 37.3 Å². The van der Waals surface area contributed by atoms with Crippen LogP contribution in [-0.2, 0) is 4.74 Å². The maximum atomic E-state index is 12.0. The van der Waals surface area contributed by atoms with Gasteiger partial charge in [0.25, 0.3) is 0 Å². The zero-order valence-corrected chi connectivity index (χ0v) is 13.4. The molecule has 5 nitrogen and oxygen atoms in total. The monoisotopic (exact) mass is 320 g/mol. The van der Waals surface area contributed by atoms with E-state index in [2.05, 4.69) is 0 Å². The van der Waals surface area contributed by atoms with Crippen LogP contribution in [-0.4, -0.2) is 32.6 Å². The Kier molecular flexibility index (Phi) is 5.16. The molecule has 0 N–H and O–H groups in total. The number of rotatable bonds is 6. The highest BCUT2D eigenvalue weighted by Crippen LogP contribution is 2.27. The summed E-state index contributed by atoms with van der Waals surface area (Å²) in [5, 5.41) is 0. The van der Waals surface area contributed by atoms with Gasteiger partial charge >= 0.3 is 5.97 Å². The number of aryl methyl sites for hydroxylation is 1. The second-order valence-electron chi connectivity index (χ2n) is 4.48. The van der Waals surface area contributed by atoms with E-state index in [1.165, 1.54) is 31.6 Å². The molecule has 0 unspecified atom stereocenters. The predicted molar refractivity (Wildman–Crippen MR) is 83.2 cm³/mol. The number of Topliss-reactive ketones (excluding diaryl/α,β-unsaturated/α-hetero) is 1. The molecule has 6 heteroatoms. The second kappa shape index (κ2) is 7.09. The summed E-state index contributed by atoms with van der Waals surface area (Å²) in [6, 6.07) is 8.27. The Morgan fingerprint density at radius 2 is 1.77 bits per heavy atom. The minimum Gasteiger partial charge on any atom is -0.493 e. The molecule has 0 atom stereocenters. The maximum Gasteiger partial charge on any atom is 0.338 e. The smallest absolute Gasteiger partial charge is 0.338 e. The van der Waals surface area contributed by atoms with Crippen molar-refractivity contribution in [2.45, 2.75) is 6.92 Å². The summed E-state index contributed by atoms with van der Waals surface area (Å²) in [4.78, 5) is 25.5. The zero-order chi connectivity index (χ0) is 16.1. The number of carbonyl (C=O) groups is 2. The summed E-state index contributed by atoms with van der Waals surface area (Å²) in [6.07, 6.45) is 0. The number of thiophene rings is 1. The van der Waals surface area contributed by atoms with E-state index < -0.39 is 5.97 Å². The molecule has 1 aromatic carbocycles. The first-order valence-electron chi connectivity index (χ1n) is 6.54. The van der Waals surface area contributed by atoms with Gasteiger partial charge in [0.15, 0.2) is 18.1 Å². The highest BCUT2D eigenvalue weighted by molar-refractivity contribution is 7.14. The maximum absolute atomic E-state index is 12.0. The largest absolute Gasteiger partial charge is 0.493 e. The Morgan fingerprint density at radius 1 is 1.05 bits per heavy atom. The zero-order valence-electron chi connectivity index (χ0n) is 12.5. The van der Waals surface area contributed by atoms with Gasteiger partial charge < -0.3 is 14.2 Å². The molecule has 0 amide bonds. The van der Waals surface area contributed by atoms with Gasteiger partial charge in [-0.25, -0.2) is 4.79 Å². The third-order valence-electron chi connectivity index (χ3n) is 2.97. The Morgan fingerprint density at radius 3 is 2.36 bits per heavy atom. The molecule has 116 valence electrons. The van der Waals surface area contributed by atoms with Crippen LogP contribution < -0.4 is 9.47 Å². The number of ketones is 1. The van der Waals surface area contributed by atoms with Gasteiger partial charge in [0.2, 0.25) is 5.78 Å². The molecule has 0 radical (unpaired) electrons. The molecule has 0 spiro atoms. The first-order valence-corrected chi connectivity index (χ1v) is 7.35. The van der Waals surface area contributed by atoms with E-state index in [4.69, 9.17) is 14.2 Å². The normalized spacial score (nSPS) is 10.1. The van der Waals surface area contributed by atoms with Crippen molar-refractivity contribution in [2.24, 2.45) is 0 Å². The van der Waals surface area contributed by atoms with E-state index in [1.807, 2.05) is 13.0 Å². The molecule has 0 aliphatic carbocycles. The molecule has 22 heavy (non-hydrogen) atoms. The third-order valence-corrected chi connectivity index (χ3v) is 4.01. The number of carbonyl (C=O) groups excluding carboxylic acids is 2. The second-order valence-corrected chi connectivity index (χ2v) is 5.77. The van der Waals surface area contributed by atoms with Crippen molar-refractivity contribution in [1.82, 2.24) is 0 Å². The summed E-state index contributed by atoms with van der Waals surface area (Å²) in [5.41, 5.74) is 0.299. The van der Waals surface area contributed by atoms with Gasteiger partial charge in [-0.2, -0.15) is 0 Å². The Labute approximate surface area is 132 Å². The van der Waals surface area contributed by atoms with Crippen LogP contribution >= 0.6 is 11.3 Å². The summed E-state index contributed by atoms with van der Waals surface area (Å²) in [5.74, 6) is 0.149. The number of hydrogen-bond donors (Lipinski definition) is 0. The Bertz CT molecular complexity index is 690. The fourth-order valence-electron chi connectivity index (χ4n) is 1.83. The molecule has 0 aliphatic heterocycles. The van der Waals surface area contributed by atoms with Crippen LogP contribution in [0.4, 0.5) is 0 Å². The number of hydrogen-bond acceptors (Lipinski definition) is 6. The summed E-state index contributed by atoms with van der Waals surface area (Å²) in [7, 11) is 2.99. The molecule has 0 aliphatic rings. The van der Waals surface area contributed by atoms with E-state index in [0.717, 1.165) is 4.88 Å². The van der Waals surface area contributed by atoms with E-state index in [0.29, 0.717) is 21.9 Å². The van der Waals surface area contributed by atoms with Crippen molar-refractivity contribution in [2.75, 3.05) is 20.8 Å². The van der Waals surface area contributed by atoms with Crippen molar-refractivity contribution in [1.29, 1.82) is 0 Å².